The first-order valence-corrected chi connectivity index (χ1v) is 12.0. The van der Waals surface area contributed by atoms with Crippen molar-refractivity contribution in [2.75, 3.05) is 0 Å². The number of ether oxygens (including phenoxy) is 1. The van der Waals surface area contributed by atoms with Crippen molar-refractivity contribution < 1.29 is 14.3 Å². The zero-order valence-electron chi connectivity index (χ0n) is 17.8. The number of carbonyl (C=O) groups excluding carboxylic acids is 2. The van der Waals surface area contributed by atoms with Crippen molar-refractivity contribution in [1.82, 2.24) is 10.3 Å². The fourth-order valence-corrected chi connectivity index (χ4v) is 5.21. The maximum Gasteiger partial charge on any atom is 0.290 e. The van der Waals surface area contributed by atoms with Crippen LogP contribution < -0.4 is 10.1 Å². The third-order valence-corrected chi connectivity index (χ3v) is 7.10. The standard InChI is InChI=1S/C26H18ClN3O3S/c27-18-11-9-16(10-12-18)20-14-21-19-3-1-2-4-22(19)33-25(30(21)29-20)17-7-5-15(6-8-17)13-23-24(31)28-26(32)34-23/h1-13,21,25H,14H2,(H,28,31,32)/b23-13-. The lowest BCUT2D eigenvalue weighted by molar-refractivity contribution is -0.115. The molecule has 0 aromatic heterocycles. The van der Waals surface area contributed by atoms with E-state index in [2.05, 4.69) is 11.4 Å². The van der Waals surface area contributed by atoms with Crippen molar-refractivity contribution in [3.8, 4) is 5.75 Å². The lowest BCUT2D eigenvalue weighted by atomic mass is 9.96. The first-order valence-electron chi connectivity index (χ1n) is 10.8. The number of rotatable bonds is 3. The lowest BCUT2D eigenvalue weighted by Crippen LogP contribution is -2.33. The normalized spacial score (nSPS) is 22.2. The maximum absolute atomic E-state index is 11.8. The summed E-state index contributed by atoms with van der Waals surface area (Å²) in [7, 11) is 0. The van der Waals surface area contributed by atoms with Gasteiger partial charge >= 0.3 is 0 Å². The van der Waals surface area contributed by atoms with Gasteiger partial charge in [-0.15, -0.1) is 0 Å². The summed E-state index contributed by atoms with van der Waals surface area (Å²) in [6, 6.07) is 23.6. The molecule has 34 heavy (non-hydrogen) atoms. The van der Waals surface area contributed by atoms with E-state index in [9.17, 15) is 9.59 Å². The number of fused-ring (bicyclic) bond motifs is 3. The average molecular weight is 488 g/mol. The number of benzene rings is 3. The van der Waals surface area contributed by atoms with Gasteiger partial charge in [-0.25, -0.2) is 5.01 Å². The number of thioether (sulfide) groups is 1. The molecule has 1 fully saturated rings. The molecule has 0 aliphatic carbocycles. The Labute approximate surface area is 205 Å². The highest BCUT2D eigenvalue weighted by Gasteiger charge is 2.40. The lowest BCUT2D eigenvalue weighted by Gasteiger charge is -2.38. The van der Waals surface area contributed by atoms with Gasteiger partial charge in [-0.3, -0.25) is 14.9 Å². The highest BCUT2D eigenvalue weighted by atomic mass is 35.5. The molecular weight excluding hydrogens is 470 g/mol. The summed E-state index contributed by atoms with van der Waals surface area (Å²) in [5.74, 6) is 0.486. The predicted molar refractivity (Wildman–Crippen MR) is 133 cm³/mol. The molecule has 2 unspecified atom stereocenters. The van der Waals surface area contributed by atoms with Crippen molar-refractivity contribution in [3.63, 3.8) is 0 Å². The Bertz CT molecular complexity index is 1370. The Morgan fingerprint density at radius 3 is 2.53 bits per heavy atom. The fourth-order valence-electron chi connectivity index (χ4n) is 4.40. The van der Waals surface area contributed by atoms with E-state index in [1.165, 1.54) is 0 Å². The van der Waals surface area contributed by atoms with Crippen molar-refractivity contribution in [3.05, 3.63) is 105 Å². The van der Waals surface area contributed by atoms with Gasteiger partial charge in [-0.2, -0.15) is 5.10 Å². The third-order valence-electron chi connectivity index (χ3n) is 6.04. The summed E-state index contributed by atoms with van der Waals surface area (Å²) in [4.78, 5) is 23.6. The molecule has 2 atom stereocenters. The molecule has 168 valence electrons. The molecule has 1 N–H and O–H groups in total. The molecule has 0 radical (unpaired) electrons. The van der Waals surface area contributed by atoms with Gasteiger partial charge in [0.05, 0.1) is 16.7 Å². The van der Waals surface area contributed by atoms with Gasteiger partial charge in [0.25, 0.3) is 11.1 Å². The van der Waals surface area contributed by atoms with Crippen molar-refractivity contribution in [2.24, 2.45) is 5.10 Å². The Hall–Kier alpha value is -3.55. The van der Waals surface area contributed by atoms with Crippen LogP contribution in [0.5, 0.6) is 5.75 Å². The number of hydrogen-bond acceptors (Lipinski definition) is 6. The molecule has 2 amide bonds. The summed E-state index contributed by atoms with van der Waals surface area (Å²) < 4.78 is 6.41. The van der Waals surface area contributed by atoms with Crippen LogP contribution in [-0.4, -0.2) is 21.9 Å². The summed E-state index contributed by atoms with van der Waals surface area (Å²) in [5, 5.41) is 9.61. The van der Waals surface area contributed by atoms with Crippen molar-refractivity contribution in [2.45, 2.75) is 18.7 Å². The molecule has 8 heteroatoms. The monoisotopic (exact) mass is 487 g/mol. The number of carbonyl (C=O) groups is 2. The smallest absolute Gasteiger partial charge is 0.290 e. The van der Waals surface area contributed by atoms with Crippen LogP contribution in [0.15, 0.2) is 82.8 Å². The maximum atomic E-state index is 11.8. The number of nitrogens with one attached hydrogen (secondary N) is 1. The Morgan fingerprint density at radius 1 is 1.03 bits per heavy atom. The quantitative estimate of drug-likeness (QED) is 0.465. The molecule has 3 aliphatic rings. The SMILES string of the molecule is O=C1NC(=O)/C(=C/c2ccc(C3Oc4ccccc4C4CC(c5ccc(Cl)cc5)=NN43)cc2)S1. The molecule has 3 aromatic rings. The van der Waals surface area contributed by atoms with Crippen LogP contribution in [0.4, 0.5) is 4.79 Å². The van der Waals surface area contributed by atoms with Crippen LogP contribution in [0.1, 0.15) is 40.9 Å². The van der Waals surface area contributed by atoms with Gasteiger partial charge in [-0.05, 0) is 47.2 Å². The van der Waals surface area contributed by atoms with E-state index in [0.29, 0.717) is 9.93 Å². The number of hydrogen-bond donors (Lipinski definition) is 1. The molecular formula is C26H18ClN3O3S. The number of amides is 2. The predicted octanol–water partition coefficient (Wildman–Crippen LogP) is 5.91. The molecule has 6 rings (SSSR count). The van der Waals surface area contributed by atoms with Crippen LogP contribution in [0, 0.1) is 0 Å². The number of halogens is 1. The molecule has 3 aromatic carbocycles. The molecule has 0 spiro atoms. The van der Waals surface area contributed by atoms with Gasteiger partial charge in [0.1, 0.15) is 5.75 Å². The first-order chi connectivity index (χ1) is 16.5. The van der Waals surface area contributed by atoms with Crippen molar-refractivity contribution >= 4 is 46.3 Å². The van der Waals surface area contributed by atoms with Crippen molar-refractivity contribution in [1.29, 1.82) is 0 Å². The van der Waals surface area contributed by atoms with Crippen LogP contribution in [0.2, 0.25) is 5.02 Å². The number of hydrazone groups is 1. The second-order valence-corrected chi connectivity index (χ2v) is 9.63. The Morgan fingerprint density at radius 2 is 1.79 bits per heavy atom. The summed E-state index contributed by atoms with van der Waals surface area (Å²) in [6.07, 6.45) is 2.08. The molecule has 0 bridgehead atoms. The second-order valence-electron chi connectivity index (χ2n) is 8.18. The zero-order valence-corrected chi connectivity index (χ0v) is 19.3. The van der Waals surface area contributed by atoms with Crippen LogP contribution in [0.3, 0.4) is 0 Å². The highest BCUT2D eigenvalue weighted by Crippen LogP contribution is 2.47. The summed E-state index contributed by atoms with van der Waals surface area (Å²) >= 11 is 6.98. The van der Waals surface area contributed by atoms with E-state index in [1.54, 1.807) is 6.08 Å². The van der Waals surface area contributed by atoms with Gasteiger partial charge in [0.2, 0.25) is 6.23 Å². The minimum atomic E-state index is -0.392. The van der Waals surface area contributed by atoms with E-state index in [-0.39, 0.29) is 17.2 Å². The zero-order chi connectivity index (χ0) is 23.2. The first kappa shape index (κ1) is 21.0. The van der Waals surface area contributed by atoms with Crippen LogP contribution in [-0.2, 0) is 4.79 Å². The molecule has 0 saturated carbocycles. The van der Waals surface area contributed by atoms with E-state index < -0.39 is 6.23 Å². The molecule has 6 nitrogen and oxygen atoms in total. The minimum Gasteiger partial charge on any atom is -0.464 e. The topological polar surface area (TPSA) is 71.0 Å². The Kier molecular flexibility index (Phi) is 5.16. The largest absolute Gasteiger partial charge is 0.464 e. The number of imide groups is 1. The molecule has 1 saturated heterocycles. The molecule has 3 heterocycles. The number of nitrogens with zero attached hydrogens (tertiary/aromatic N) is 2. The third kappa shape index (κ3) is 3.77. The number of para-hydroxylation sites is 1. The molecule has 3 aliphatic heterocycles. The fraction of sp³-hybridized carbons (Fsp3) is 0.115. The van der Waals surface area contributed by atoms with Gasteiger partial charge < -0.3 is 4.74 Å². The average Bonchev–Trinajstić information content (AvgIpc) is 3.43. The second kappa shape index (κ2) is 8.34. The Balaban J connectivity index is 1.34. The van der Waals surface area contributed by atoms with Gasteiger partial charge in [0.15, 0.2) is 0 Å². The summed E-state index contributed by atoms with van der Waals surface area (Å²) in [6.45, 7) is 0. The van der Waals surface area contributed by atoms with Crippen LogP contribution >= 0.6 is 23.4 Å². The van der Waals surface area contributed by atoms with E-state index in [0.717, 1.165) is 51.9 Å². The highest BCUT2D eigenvalue weighted by molar-refractivity contribution is 8.18. The minimum absolute atomic E-state index is 0.0621. The van der Waals surface area contributed by atoms with Gasteiger partial charge in [0, 0.05) is 22.6 Å². The van der Waals surface area contributed by atoms with Gasteiger partial charge in [-0.1, -0.05) is 66.2 Å². The van der Waals surface area contributed by atoms with Crippen LogP contribution in [0.25, 0.3) is 6.08 Å². The van der Waals surface area contributed by atoms with E-state index in [4.69, 9.17) is 21.4 Å². The van der Waals surface area contributed by atoms with E-state index in [1.807, 2.05) is 71.7 Å². The van der Waals surface area contributed by atoms with E-state index >= 15 is 0 Å². The summed E-state index contributed by atoms with van der Waals surface area (Å²) in [5.41, 5.74) is 4.92.